The van der Waals surface area contributed by atoms with Crippen molar-refractivity contribution in [2.75, 3.05) is 0 Å². The number of nitrogens with zero attached hydrogens (tertiary/aromatic N) is 1. The van der Waals surface area contributed by atoms with Crippen LogP contribution in [0.25, 0.3) is 5.76 Å². The Morgan fingerprint density at radius 2 is 2.06 bits per heavy atom. The lowest BCUT2D eigenvalue weighted by Gasteiger charge is -2.18. The van der Waals surface area contributed by atoms with Crippen molar-refractivity contribution >= 4 is 5.76 Å². The lowest BCUT2D eigenvalue weighted by molar-refractivity contribution is 0.498. The Labute approximate surface area is 101 Å². The molecule has 2 aromatic rings. The molecule has 84 valence electrons. The number of hydrogen-bond acceptors (Lipinski definition) is 2. The molecule has 1 aliphatic heterocycles. The second kappa shape index (κ2) is 4.06. The maximum absolute atomic E-state index is 5.89. The Kier molecular flexibility index (Phi) is 2.41. The van der Waals surface area contributed by atoms with E-state index in [1.54, 1.807) is 0 Å². The van der Waals surface area contributed by atoms with E-state index in [9.17, 15) is 0 Å². The summed E-state index contributed by atoms with van der Waals surface area (Å²) >= 11 is 0. The number of para-hydroxylation sites is 1. The van der Waals surface area contributed by atoms with E-state index >= 15 is 0 Å². The van der Waals surface area contributed by atoms with Crippen molar-refractivity contribution < 1.29 is 4.74 Å². The van der Waals surface area contributed by atoms with Gasteiger partial charge in [0.15, 0.2) is 0 Å². The molecule has 3 rings (SSSR count). The molecule has 17 heavy (non-hydrogen) atoms. The summed E-state index contributed by atoms with van der Waals surface area (Å²) in [5, 5.41) is 0. The molecule has 0 spiro atoms. The predicted molar refractivity (Wildman–Crippen MR) is 67.7 cm³/mol. The van der Waals surface area contributed by atoms with E-state index in [1.807, 2.05) is 37.5 Å². The third-order valence-electron chi connectivity index (χ3n) is 2.86. The Morgan fingerprint density at radius 1 is 1.18 bits per heavy atom. The third-order valence-corrected chi connectivity index (χ3v) is 2.86. The maximum atomic E-state index is 5.89. The average molecular weight is 223 g/mol. The van der Waals surface area contributed by atoms with E-state index in [1.165, 1.54) is 5.56 Å². The van der Waals surface area contributed by atoms with Gasteiger partial charge in [-0.3, -0.25) is 4.98 Å². The van der Waals surface area contributed by atoms with Crippen LogP contribution in [0, 0.1) is 6.92 Å². The number of hydrogen-bond donors (Lipinski definition) is 0. The quantitative estimate of drug-likeness (QED) is 0.739. The first kappa shape index (κ1) is 10.1. The fraction of sp³-hybridized carbons (Fsp3) is 0.133. The Bertz CT molecular complexity index is 587. The van der Waals surface area contributed by atoms with E-state index in [-0.39, 0.29) is 0 Å². The van der Waals surface area contributed by atoms with E-state index in [2.05, 4.69) is 23.2 Å². The molecule has 0 amide bonds. The molecule has 0 fully saturated rings. The van der Waals surface area contributed by atoms with E-state index in [0.29, 0.717) is 0 Å². The van der Waals surface area contributed by atoms with Crippen LogP contribution < -0.4 is 4.74 Å². The summed E-state index contributed by atoms with van der Waals surface area (Å²) in [7, 11) is 0. The molecule has 0 radical (unpaired) electrons. The molecule has 0 aliphatic carbocycles. The summed E-state index contributed by atoms with van der Waals surface area (Å²) in [5.41, 5.74) is 3.42. The normalized spacial score (nSPS) is 13.6. The lowest BCUT2D eigenvalue weighted by atomic mass is 10.1. The first-order chi connectivity index (χ1) is 8.33. The van der Waals surface area contributed by atoms with E-state index in [0.717, 1.165) is 29.1 Å². The van der Waals surface area contributed by atoms with Crippen molar-refractivity contribution in [3.8, 4) is 5.75 Å². The van der Waals surface area contributed by atoms with Gasteiger partial charge in [-0.2, -0.15) is 0 Å². The van der Waals surface area contributed by atoms with Gasteiger partial charge >= 0.3 is 0 Å². The van der Waals surface area contributed by atoms with Gasteiger partial charge in [0.25, 0.3) is 0 Å². The second-order valence-corrected chi connectivity index (χ2v) is 4.23. The van der Waals surface area contributed by atoms with Gasteiger partial charge in [-0.25, -0.2) is 0 Å². The van der Waals surface area contributed by atoms with Crippen LogP contribution in [0.2, 0.25) is 0 Å². The lowest BCUT2D eigenvalue weighted by Crippen LogP contribution is -2.04. The molecule has 2 heterocycles. The zero-order valence-corrected chi connectivity index (χ0v) is 9.68. The average Bonchev–Trinajstić information content (AvgIpc) is 2.38. The van der Waals surface area contributed by atoms with Crippen LogP contribution in [0.1, 0.15) is 16.7 Å². The fourth-order valence-electron chi connectivity index (χ4n) is 2.00. The highest BCUT2D eigenvalue weighted by Gasteiger charge is 2.13. The molecule has 0 saturated carbocycles. The van der Waals surface area contributed by atoms with Crippen molar-refractivity contribution in [1.82, 2.24) is 4.98 Å². The van der Waals surface area contributed by atoms with E-state index in [4.69, 9.17) is 4.74 Å². The zero-order chi connectivity index (χ0) is 11.7. The molecule has 0 unspecified atom stereocenters. The van der Waals surface area contributed by atoms with Crippen molar-refractivity contribution in [1.29, 1.82) is 0 Å². The summed E-state index contributed by atoms with van der Waals surface area (Å²) in [5.74, 6) is 1.85. The van der Waals surface area contributed by atoms with Crippen LogP contribution in [-0.2, 0) is 6.42 Å². The van der Waals surface area contributed by atoms with Crippen LogP contribution in [-0.4, -0.2) is 4.98 Å². The highest BCUT2D eigenvalue weighted by Crippen LogP contribution is 2.30. The number of pyridine rings is 1. The number of fused-ring (bicyclic) bond motifs is 1. The number of allylic oxidation sites excluding steroid dienone is 1. The highest BCUT2D eigenvalue weighted by molar-refractivity contribution is 5.65. The molecule has 0 N–H and O–H groups in total. The first-order valence-corrected chi connectivity index (χ1v) is 5.71. The number of rotatable bonds is 1. The third kappa shape index (κ3) is 1.94. The smallest absolute Gasteiger partial charge is 0.132 e. The van der Waals surface area contributed by atoms with Gasteiger partial charge in [-0.05, 0) is 42.7 Å². The molecule has 1 aliphatic rings. The van der Waals surface area contributed by atoms with Crippen molar-refractivity contribution in [3.05, 3.63) is 65.5 Å². The van der Waals surface area contributed by atoms with Crippen LogP contribution in [0.3, 0.4) is 0 Å². The molecule has 1 aromatic heterocycles. The molecular formula is C15H13NO. The Balaban J connectivity index is 1.96. The highest BCUT2D eigenvalue weighted by atomic mass is 16.5. The van der Waals surface area contributed by atoms with Gasteiger partial charge in [0.1, 0.15) is 11.5 Å². The van der Waals surface area contributed by atoms with Crippen molar-refractivity contribution in [2.24, 2.45) is 0 Å². The minimum Gasteiger partial charge on any atom is -0.457 e. The van der Waals surface area contributed by atoms with Gasteiger partial charge in [0, 0.05) is 18.0 Å². The molecule has 2 nitrogen and oxygen atoms in total. The van der Waals surface area contributed by atoms with Gasteiger partial charge in [-0.1, -0.05) is 18.2 Å². The van der Waals surface area contributed by atoms with E-state index < -0.39 is 0 Å². The molecule has 2 heteroatoms. The maximum Gasteiger partial charge on any atom is 0.132 e. The summed E-state index contributed by atoms with van der Waals surface area (Å²) in [6, 6.07) is 10.2. The minimum absolute atomic E-state index is 0.903. The molecule has 0 bridgehead atoms. The van der Waals surface area contributed by atoms with Crippen LogP contribution in [0.5, 0.6) is 5.75 Å². The van der Waals surface area contributed by atoms with Gasteiger partial charge in [0.2, 0.25) is 0 Å². The second-order valence-electron chi connectivity index (χ2n) is 4.23. The van der Waals surface area contributed by atoms with Gasteiger partial charge < -0.3 is 4.74 Å². The fourth-order valence-corrected chi connectivity index (χ4v) is 2.00. The van der Waals surface area contributed by atoms with Gasteiger partial charge in [-0.15, -0.1) is 0 Å². The standard InChI is InChI=1S/C15H13NO/c1-11-8-13(10-16-9-11)15-7-6-12-4-2-3-5-14(12)17-15/h2-5,7-10H,6H2,1H3. The summed E-state index contributed by atoms with van der Waals surface area (Å²) in [6.07, 6.45) is 6.71. The Morgan fingerprint density at radius 3 is 2.94 bits per heavy atom. The zero-order valence-electron chi connectivity index (χ0n) is 9.68. The van der Waals surface area contributed by atoms with Crippen LogP contribution >= 0.6 is 0 Å². The SMILES string of the molecule is Cc1cncc(C2=CCc3ccccc3O2)c1. The monoisotopic (exact) mass is 223 g/mol. The Hall–Kier alpha value is -2.09. The molecule has 1 aromatic carbocycles. The summed E-state index contributed by atoms with van der Waals surface area (Å²) in [4.78, 5) is 4.19. The number of aromatic nitrogens is 1. The molecular weight excluding hydrogens is 210 g/mol. The topological polar surface area (TPSA) is 22.1 Å². The number of benzene rings is 1. The number of ether oxygens (including phenoxy) is 1. The van der Waals surface area contributed by atoms with Crippen LogP contribution in [0.4, 0.5) is 0 Å². The largest absolute Gasteiger partial charge is 0.457 e. The minimum atomic E-state index is 0.903. The molecule has 0 atom stereocenters. The van der Waals surface area contributed by atoms with Gasteiger partial charge in [0.05, 0.1) is 0 Å². The first-order valence-electron chi connectivity index (χ1n) is 5.71. The van der Waals surface area contributed by atoms with Crippen LogP contribution in [0.15, 0.2) is 48.8 Å². The number of aryl methyl sites for hydroxylation is 1. The van der Waals surface area contributed by atoms with Crippen molar-refractivity contribution in [2.45, 2.75) is 13.3 Å². The summed E-state index contributed by atoms with van der Waals surface area (Å²) < 4.78 is 5.89. The molecule has 0 saturated heterocycles. The summed E-state index contributed by atoms with van der Waals surface area (Å²) in [6.45, 7) is 2.04. The van der Waals surface area contributed by atoms with Crippen molar-refractivity contribution in [3.63, 3.8) is 0 Å². The predicted octanol–water partition coefficient (Wildman–Crippen LogP) is 3.37.